The van der Waals surface area contributed by atoms with Crippen LogP contribution in [0.4, 0.5) is 0 Å². The molecule has 0 saturated heterocycles. The SMILES string of the molecule is CCCNC1CC(OC2CC(C)CC(C)C2)C1(C)C. The van der Waals surface area contributed by atoms with Gasteiger partial charge in [-0.05, 0) is 50.5 Å². The molecule has 0 heterocycles. The van der Waals surface area contributed by atoms with E-state index in [1.165, 1.54) is 32.1 Å². The molecule has 0 aromatic rings. The largest absolute Gasteiger partial charge is 0.374 e. The maximum absolute atomic E-state index is 6.45. The minimum atomic E-state index is 0.305. The fraction of sp³-hybridized carbons (Fsp3) is 1.00. The summed E-state index contributed by atoms with van der Waals surface area (Å²) in [6, 6.07) is 0.649. The third-order valence-corrected chi connectivity index (χ3v) is 5.31. The summed E-state index contributed by atoms with van der Waals surface area (Å²) < 4.78 is 6.45. The van der Waals surface area contributed by atoms with Gasteiger partial charge in [0.15, 0.2) is 0 Å². The molecule has 0 radical (unpaired) electrons. The molecule has 2 aliphatic carbocycles. The van der Waals surface area contributed by atoms with E-state index in [-0.39, 0.29) is 0 Å². The van der Waals surface area contributed by atoms with Gasteiger partial charge in [-0.25, -0.2) is 0 Å². The minimum absolute atomic E-state index is 0.305. The van der Waals surface area contributed by atoms with Crippen molar-refractivity contribution >= 4 is 0 Å². The van der Waals surface area contributed by atoms with Gasteiger partial charge in [0.1, 0.15) is 0 Å². The third-order valence-electron chi connectivity index (χ3n) is 5.31. The van der Waals surface area contributed by atoms with Crippen molar-refractivity contribution in [3.8, 4) is 0 Å². The standard InChI is InChI=1S/C17H33NO/c1-6-7-18-15-11-16(17(15,4)5)19-14-9-12(2)8-13(3)10-14/h12-16,18H,6-11H2,1-5H3. The van der Waals surface area contributed by atoms with Crippen LogP contribution in [0.25, 0.3) is 0 Å². The molecular formula is C17H33NO. The van der Waals surface area contributed by atoms with E-state index >= 15 is 0 Å². The zero-order chi connectivity index (χ0) is 14.0. The molecule has 112 valence electrons. The first-order valence-corrected chi connectivity index (χ1v) is 8.32. The second-order valence-electron chi connectivity index (χ2n) is 7.73. The molecule has 19 heavy (non-hydrogen) atoms. The van der Waals surface area contributed by atoms with Crippen LogP contribution in [0.15, 0.2) is 0 Å². The van der Waals surface area contributed by atoms with Crippen LogP contribution in [0.3, 0.4) is 0 Å². The molecule has 1 N–H and O–H groups in total. The van der Waals surface area contributed by atoms with E-state index in [0.717, 1.165) is 18.4 Å². The molecule has 2 rings (SSSR count). The first-order valence-electron chi connectivity index (χ1n) is 8.32. The van der Waals surface area contributed by atoms with Crippen LogP contribution in [0.2, 0.25) is 0 Å². The van der Waals surface area contributed by atoms with Crippen LogP contribution in [0.5, 0.6) is 0 Å². The maximum atomic E-state index is 6.45. The van der Waals surface area contributed by atoms with E-state index in [1.54, 1.807) is 0 Å². The zero-order valence-corrected chi connectivity index (χ0v) is 13.5. The Kier molecular flexibility index (Phi) is 4.94. The molecule has 4 atom stereocenters. The Hall–Kier alpha value is -0.0800. The first kappa shape index (κ1) is 15.3. The summed E-state index contributed by atoms with van der Waals surface area (Å²) in [5.74, 6) is 1.68. The molecule has 2 nitrogen and oxygen atoms in total. The summed E-state index contributed by atoms with van der Waals surface area (Å²) in [6.45, 7) is 12.9. The average Bonchev–Trinajstić information content (AvgIpc) is 2.31. The zero-order valence-electron chi connectivity index (χ0n) is 13.5. The van der Waals surface area contributed by atoms with E-state index in [4.69, 9.17) is 4.74 Å². The van der Waals surface area contributed by atoms with Gasteiger partial charge in [-0.15, -0.1) is 0 Å². The Bertz CT molecular complexity index is 279. The van der Waals surface area contributed by atoms with Gasteiger partial charge < -0.3 is 10.1 Å². The van der Waals surface area contributed by atoms with Crippen molar-refractivity contribution < 1.29 is 4.74 Å². The van der Waals surface area contributed by atoms with Gasteiger partial charge in [-0.2, -0.15) is 0 Å². The van der Waals surface area contributed by atoms with Crippen molar-refractivity contribution in [3.05, 3.63) is 0 Å². The predicted molar refractivity (Wildman–Crippen MR) is 81.3 cm³/mol. The number of hydrogen-bond donors (Lipinski definition) is 1. The highest BCUT2D eigenvalue weighted by Gasteiger charge is 2.49. The molecule has 0 spiro atoms. The average molecular weight is 267 g/mol. The van der Waals surface area contributed by atoms with Crippen molar-refractivity contribution in [2.45, 2.75) is 85.0 Å². The lowest BCUT2D eigenvalue weighted by Crippen LogP contribution is -2.61. The summed E-state index contributed by atoms with van der Waals surface area (Å²) in [6.07, 6.45) is 7.31. The summed E-state index contributed by atoms with van der Waals surface area (Å²) >= 11 is 0. The maximum Gasteiger partial charge on any atom is 0.0659 e. The number of nitrogens with one attached hydrogen (secondary N) is 1. The molecule has 0 aromatic heterocycles. The Labute approximate surface area is 119 Å². The molecule has 0 amide bonds. The molecule has 2 fully saturated rings. The van der Waals surface area contributed by atoms with Crippen LogP contribution in [-0.2, 0) is 4.74 Å². The molecular weight excluding hydrogens is 234 g/mol. The van der Waals surface area contributed by atoms with E-state index in [9.17, 15) is 0 Å². The summed E-state index contributed by atoms with van der Waals surface area (Å²) in [7, 11) is 0. The predicted octanol–water partition coefficient (Wildman–Crippen LogP) is 3.99. The van der Waals surface area contributed by atoms with Crippen molar-refractivity contribution in [1.29, 1.82) is 0 Å². The molecule has 2 heteroatoms. The first-order chi connectivity index (χ1) is 8.93. The Morgan fingerprint density at radius 1 is 1.05 bits per heavy atom. The molecule has 2 saturated carbocycles. The van der Waals surface area contributed by atoms with E-state index in [1.807, 2.05) is 0 Å². The van der Waals surface area contributed by atoms with E-state index < -0.39 is 0 Å². The summed E-state index contributed by atoms with van der Waals surface area (Å²) in [5, 5.41) is 3.66. The summed E-state index contributed by atoms with van der Waals surface area (Å²) in [4.78, 5) is 0. The second-order valence-corrected chi connectivity index (χ2v) is 7.73. The summed E-state index contributed by atoms with van der Waals surface area (Å²) in [5.41, 5.74) is 0.305. The normalized spacial score (nSPS) is 41.8. The smallest absolute Gasteiger partial charge is 0.0659 e. The van der Waals surface area contributed by atoms with Crippen LogP contribution in [0.1, 0.15) is 66.7 Å². The third kappa shape index (κ3) is 3.52. The molecule has 2 aliphatic rings. The Balaban J connectivity index is 1.81. The highest BCUT2D eigenvalue weighted by Crippen LogP contribution is 2.45. The van der Waals surface area contributed by atoms with Crippen molar-refractivity contribution in [2.24, 2.45) is 17.3 Å². The Morgan fingerprint density at radius 3 is 2.21 bits per heavy atom. The van der Waals surface area contributed by atoms with Gasteiger partial charge in [0.25, 0.3) is 0 Å². The van der Waals surface area contributed by atoms with E-state index in [2.05, 4.69) is 39.9 Å². The molecule has 0 aliphatic heterocycles. The minimum Gasteiger partial charge on any atom is -0.374 e. The van der Waals surface area contributed by atoms with E-state index in [0.29, 0.717) is 23.7 Å². The van der Waals surface area contributed by atoms with Gasteiger partial charge >= 0.3 is 0 Å². The molecule has 4 unspecified atom stereocenters. The van der Waals surface area contributed by atoms with Crippen molar-refractivity contribution in [3.63, 3.8) is 0 Å². The number of hydrogen-bond acceptors (Lipinski definition) is 2. The number of rotatable bonds is 5. The van der Waals surface area contributed by atoms with Crippen LogP contribution >= 0.6 is 0 Å². The van der Waals surface area contributed by atoms with Gasteiger partial charge in [0, 0.05) is 11.5 Å². The van der Waals surface area contributed by atoms with Gasteiger partial charge in [0.2, 0.25) is 0 Å². The second kappa shape index (κ2) is 6.13. The lowest BCUT2D eigenvalue weighted by atomic mass is 9.64. The highest BCUT2D eigenvalue weighted by atomic mass is 16.5. The van der Waals surface area contributed by atoms with Gasteiger partial charge in [0.05, 0.1) is 12.2 Å². The topological polar surface area (TPSA) is 21.3 Å². The monoisotopic (exact) mass is 267 g/mol. The van der Waals surface area contributed by atoms with Crippen molar-refractivity contribution in [2.75, 3.05) is 6.54 Å². The van der Waals surface area contributed by atoms with Gasteiger partial charge in [-0.3, -0.25) is 0 Å². The van der Waals surface area contributed by atoms with Crippen molar-refractivity contribution in [1.82, 2.24) is 5.32 Å². The van der Waals surface area contributed by atoms with Gasteiger partial charge in [-0.1, -0.05) is 34.6 Å². The van der Waals surface area contributed by atoms with Crippen LogP contribution in [-0.4, -0.2) is 24.8 Å². The lowest BCUT2D eigenvalue weighted by Gasteiger charge is -2.53. The van der Waals surface area contributed by atoms with Crippen LogP contribution in [0, 0.1) is 17.3 Å². The highest BCUT2D eigenvalue weighted by molar-refractivity contribution is 5.03. The molecule has 0 bridgehead atoms. The van der Waals surface area contributed by atoms with Crippen LogP contribution < -0.4 is 5.32 Å². The number of ether oxygens (including phenoxy) is 1. The quantitative estimate of drug-likeness (QED) is 0.813. The fourth-order valence-electron chi connectivity index (χ4n) is 4.00. The lowest BCUT2D eigenvalue weighted by molar-refractivity contribution is -0.160. The molecule has 0 aromatic carbocycles. The fourth-order valence-corrected chi connectivity index (χ4v) is 4.00. The Morgan fingerprint density at radius 2 is 1.68 bits per heavy atom.